The van der Waals surface area contributed by atoms with Gasteiger partial charge in [-0.05, 0) is 41.9 Å². The van der Waals surface area contributed by atoms with Gasteiger partial charge in [-0.25, -0.2) is 0 Å². The quantitative estimate of drug-likeness (QED) is 0.758. The summed E-state index contributed by atoms with van der Waals surface area (Å²) in [7, 11) is 0. The molecule has 1 aliphatic heterocycles. The fourth-order valence-electron chi connectivity index (χ4n) is 2.42. The molecular formula is C15H20BrN3O4S. The van der Waals surface area contributed by atoms with Crippen LogP contribution in [0.5, 0.6) is 0 Å². The van der Waals surface area contributed by atoms with Gasteiger partial charge >= 0.3 is 0 Å². The van der Waals surface area contributed by atoms with E-state index in [-0.39, 0.29) is 24.1 Å². The Kier molecular flexibility index (Phi) is 6.73. The van der Waals surface area contributed by atoms with Crippen molar-refractivity contribution in [3.63, 3.8) is 0 Å². The maximum Gasteiger partial charge on any atom is 0.287 e. The summed E-state index contributed by atoms with van der Waals surface area (Å²) in [5, 5.41) is 2.53. The van der Waals surface area contributed by atoms with Crippen LogP contribution in [0.4, 0.5) is 0 Å². The molecule has 1 fully saturated rings. The van der Waals surface area contributed by atoms with Crippen molar-refractivity contribution in [1.82, 2.24) is 15.1 Å². The zero-order valence-corrected chi connectivity index (χ0v) is 16.0. The van der Waals surface area contributed by atoms with E-state index in [2.05, 4.69) is 21.2 Å². The zero-order valence-electron chi connectivity index (χ0n) is 13.6. The lowest BCUT2D eigenvalue weighted by Gasteiger charge is -2.28. The summed E-state index contributed by atoms with van der Waals surface area (Å²) >= 11 is 4.66. The topological polar surface area (TPSA) is 82.9 Å². The van der Waals surface area contributed by atoms with Crippen LogP contribution in [0.2, 0.25) is 0 Å². The molecule has 1 atom stereocenters. The molecule has 1 aromatic rings. The van der Waals surface area contributed by atoms with Crippen molar-refractivity contribution in [2.24, 2.45) is 0 Å². The van der Waals surface area contributed by atoms with Gasteiger partial charge in [-0.15, -0.1) is 11.8 Å². The third-order valence-corrected chi connectivity index (χ3v) is 5.20. The molecule has 0 spiro atoms. The lowest BCUT2D eigenvalue weighted by molar-refractivity contribution is -0.142. The summed E-state index contributed by atoms with van der Waals surface area (Å²) in [5.41, 5.74) is 0. The van der Waals surface area contributed by atoms with Crippen molar-refractivity contribution >= 4 is 45.4 Å². The molecule has 1 N–H and O–H groups in total. The smallest absolute Gasteiger partial charge is 0.287 e. The van der Waals surface area contributed by atoms with Crippen LogP contribution < -0.4 is 5.32 Å². The second-order valence-electron chi connectivity index (χ2n) is 5.18. The Morgan fingerprint density at radius 2 is 2.08 bits per heavy atom. The summed E-state index contributed by atoms with van der Waals surface area (Å²) in [4.78, 5) is 40.0. The number of furan rings is 1. The van der Waals surface area contributed by atoms with Crippen molar-refractivity contribution < 1.29 is 18.8 Å². The molecule has 1 aromatic heterocycles. The molecule has 9 heteroatoms. The molecule has 1 aliphatic rings. The number of hydrogen-bond donors (Lipinski definition) is 1. The minimum atomic E-state index is -0.465. The Bertz CT molecular complexity index is 618. The van der Waals surface area contributed by atoms with E-state index in [1.54, 1.807) is 11.0 Å². The van der Waals surface area contributed by atoms with Crippen LogP contribution in [0.1, 0.15) is 24.4 Å². The number of thioether (sulfide) groups is 1. The van der Waals surface area contributed by atoms with Crippen LogP contribution in [0.15, 0.2) is 21.2 Å². The highest BCUT2D eigenvalue weighted by Crippen LogP contribution is 2.22. The first-order chi connectivity index (χ1) is 11.5. The van der Waals surface area contributed by atoms with Crippen molar-refractivity contribution in [3.05, 3.63) is 22.6 Å². The number of carbonyl (C=O) groups excluding carboxylic acids is 3. The van der Waals surface area contributed by atoms with E-state index in [0.29, 0.717) is 29.4 Å². The van der Waals surface area contributed by atoms with Crippen molar-refractivity contribution in [2.75, 3.05) is 31.3 Å². The van der Waals surface area contributed by atoms with Gasteiger partial charge in [0, 0.05) is 18.8 Å². The fraction of sp³-hybridized carbons (Fsp3) is 0.533. The van der Waals surface area contributed by atoms with E-state index in [1.165, 1.54) is 22.7 Å². The molecule has 1 saturated heterocycles. The average molecular weight is 418 g/mol. The minimum absolute atomic E-state index is 0.0420. The molecule has 0 saturated carbocycles. The molecule has 1 unspecified atom stereocenters. The Morgan fingerprint density at radius 3 is 2.67 bits per heavy atom. The lowest BCUT2D eigenvalue weighted by Crippen LogP contribution is -2.51. The van der Waals surface area contributed by atoms with Crippen LogP contribution in [0.3, 0.4) is 0 Å². The Morgan fingerprint density at radius 1 is 1.38 bits per heavy atom. The van der Waals surface area contributed by atoms with Gasteiger partial charge in [0.1, 0.15) is 6.04 Å². The maximum atomic E-state index is 12.5. The molecule has 0 bridgehead atoms. The Balaban J connectivity index is 1.93. The van der Waals surface area contributed by atoms with Gasteiger partial charge in [0.15, 0.2) is 10.4 Å². The molecule has 132 valence electrons. The maximum absolute atomic E-state index is 12.5. The molecule has 0 aliphatic carbocycles. The number of nitrogens with zero attached hydrogens (tertiary/aromatic N) is 2. The fourth-order valence-corrected chi connectivity index (χ4v) is 3.90. The van der Waals surface area contributed by atoms with E-state index in [0.717, 1.165) is 0 Å². The Labute approximate surface area is 153 Å². The highest BCUT2D eigenvalue weighted by atomic mass is 79.9. The molecule has 2 heterocycles. The van der Waals surface area contributed by atoms with Crippen molar-refractivity contribution in [2.45, 2.75) is 19.9 Å². The number of amides is 3. The largest absolute Gasteiger partial charge is 0.444 e. The van der Waals surface area contributed by atoms with Gasteiger partial charge in [-0.1, -0.05) is 0 Å². The molecule has 2 rings (SSSR count). The van der Waals surface area contributed by atoms with E-state index >= 15 is 0 Å². The molecule has 3 amide bonds. The molecule has 0 aromatic carbocycles. The summed E-state index contributed by atoms with van der Waals surface area (Å²) in [6, 6.07) is 2.66. The predicted molar refractivity (Wildman–Crippen MR) is 94.6 cm³/mol. The minimum Gasteiger partial charge on any atom is -0.444 e. The lowest BCUT2D eigenvalue weighted by atomic mass is 10.2. The normalized spacial score (nSPS) is 17.0. The van der Waals surface area contributed by atoms with E-state index in [9.17, 15) is 14.4 Å². The van der Waals surface area contributed by atoms with E-state index in [4.69, 9.17) is 4.42 Å². The first-order valence-electron chi connectivity index (χ1n) is 7.67. The van der Waals surface area contributed by atoms with Gasteiger partial charge in [0.05, 0.1) is 12.4 Å². The third-order valence-electron chi connectivity index (χ3n) is 3.76. The first-order valence-corrected chi connectivity index (χ1v) is 9.62. The van der Waals surface area contributed by atoms with Crippen LogP contribution in [-0.4, -0.2) is 64.8 Å². The average Bonchev–Trinajstić information content (AvgIpc) is 3.22. The summed E-state index contributed by atoms with van der Waals surface area (Å²) in [6.07, 6.45) is 0. The predicted octanol–water partition coefficient (Wildman–Crippen LogP) is 1.54. The molecule has 7 nitrogen and oxygen atoms in total. The number of rotatable bonds is 6. The van der Waals surface area contributed by atoms with E-state index in [1.807, 2.05) is 13.8 Å². The van der Waals surface area contributed by atoms with Crippen LogP contribution in [0.25, 0.3) is 0 Å². The number of likely N-dealkylation sites (N-methyl/N-ethyl adjacent to an activating group) is 1. The summed E-state index contributed by atoms with van der Waals surface area (Å²) < 4.78 is 5.58. The van der Waals surface area contributed by atoms with Crippen molar-refractivity contribution in [3.8, 4) is 0 Å². The van der Waals surface area contributed by atoms with Gasteiger partial charge in [0.2, 0.25) is 11.8 Å². The number of carbonyl (C=O) groups is 3. The molecular weight excluding hydrogens is 398 g/mol. The Hall–Kier alpha value is -1.48. The molecule has 24 heavy (non-hydrogen) atoms. The zero-order chi connectivity index (χ0) is 17.7. The van der Waals surface area contributed by atoms with Gasteiger partial charge in [0.25, 0.3) is 5.91 Å². The standard InChI is InChI=1S/C15H20BrN3O4S/c1-3-18(4-2)15(22)10-8-24-9-19(10)13(20)7-17-14(21)11-5-6-12(16)23-11/h5-6,10H,3-4,7-9H2,1-2H3,(H,17,21). The van der Waals surface area contributed by atoms with Crippen molar-refractivity contribution in [1.29, 1.82) is 0 Å². The summed E-state index contributed by atoms with van der Waals surface area (Å²) in [5.74, 6) is 0.386. The first kappa shape index (κ1) is 18.9. The molecule has 0 radical (unpaired) electrons. The highest BCUT2D eigenvalue weighted by Gasteiger charge is 2.36. The van der Waals surface area contributed by atoms with Gasteiger partial charge in [-0.2, -0.15) is 0 Å². The monoisotopic (exact) mass is 417 g/mol. The number of hydrogen-bond acceptors (Lipinski definition) is 5. The number of nitrogens with one attached hydrogen (secondary N) is 1. The van der Waals surface area contributed by atoms with Gasteiger partial charge in [-0.3, -0.25) is 14.4 Å². The van der Waals surface area contributed by atoms with Crippen LogP contribution in [0, 0.1) is 0 Å². The second kappa shape index (κ2) is 8.57. The summed E-state index contributed by atoms with van der Waals surface area (Å²) in [6.45, 7) is 4.89. The van der Waals surface area contributed by atoms with Crippen LogP contribution in [-0.2, 0) is 9.59 Å². The third kappa shape index (κ3) is 4.32. The second-order valence-corrected chi connectivity index (χ2v) is 6.96. The highest BCUT2D eigenvalue weighted by molar-refractivity contribution is 9.10. The van der Waals surface area contributed by atoms with E-state index < -0.39 is 11.9 Å². The van der Waals surface area contributed by atoms with Crippen LogP contribution >= 0.6 is 27.7 Å². The van der Waals surface area contributed by atoms with Gasteiger partial charge < -0.3 is 19.5 Å². The SMILES string of the molecule is CCN(CC)C(=O)C1CSCN1C(=O)CNC(=O)c1ccc(Br)o1. The number of halogens is 1.